The molecule has 1 aromatic heterocycles. The topological polar surface area (TPSA) is 71.2 Å². The molecule has 0 aliphatic heterocycles. The van der Waals surface area contributed by atoms with Gasteiger partial charge >= 0.3 is 5.97 Å². The number of hydrogen-bond acceptors (Lipinski definition) is 3. The predicted octanol–water partition coefficient (Wildman–Crippen LogP) is 3.75. The Morgan fingerprint density at radius 1 is 1.12 bits per heavy atom. The largest absolute Gasteiger partial charge is 0.465 e. The Morgan fingerprint density at radius 2 is 1.65 bits per heavy atom. The SMILES string of the molecule is COC(=O)c1c(C)[nH]c(C(=O)NC(C)C23CC4CC(CC(C4)C2)C3)c1C. The molecule has 1 aromatic rings. The molecule has 0 radical (unpaired) electrons. The summed E-state index contributed by atoms with van der Waals surface area (Å²) in [6, 6.07) is 0.160. The maximum atomic E-state index is 13.0. The van der Waals surface area contributed by atoms with E-state index in [0.717, 1.165) is 17.8 Å². The van der Waals surface area contributed by atoms with Crippen molar-refractivity contribution < 1.29 is 14.3 Å². The van der Waals surface area contributed by atoms with Crippen molar-refractivity contribution in [1.29, 1.82) is 0 Å². The van der Waals surface area contributed by atoms with Gasteiger partial charge in [-0.2, -0.15) is 0 Å². The second-order valence-corrected chi connectivity index (χ2v) is 9.09. The van der Waals surface area contributed by atoms with Crippen molar-refractivity contribution in [3.63, 3.8) is 0 Å². The van der Waals surface area contributed by atoms with E-state index in [1.54, 1.807) is 13.8 Å². The highest BCUT2D eigenvalue weighted by atomic mass is 16.5. The highest BCUT2D eigenvalue weighted by Gasteiger charge is 2.53. The van der Waals surface area contributed by atoms with Gasteiger partial charge in [0.2, 0.25) is 0 Å². The van der Waals surface area contributed by atoms with Gasteiger partial charge in [-0.3, -0.25) is 4.79 Å². The summed E-state index contributed by atoms with van der Waals surface area (Å²) in [6.07, 6.45) is 7.98. The highest BCUT2D eigenvalue weighted by Crippen LogP contribution is 2.61. The van der Waals surface area contributed by atoms with E-state index < -0.39 is 5.97 Å². The normalized spacial score (nSPS) is 33.2. The Bertz CT molecular complexity index is 713. The third kappa shape index (κ3) is 2.67. The summed E-state index contributed by atoms with van der Waals surface area (Å²) >= 11 is 0. The number of amides is 1. The Balaban J connectivity index is 1.53. The Morgan fingerprint density at radius 3 is 2.15 bits per heavy atom. The van der Waals surface area contributed by atoms with Crippen LogP contribution in [0.15, 0.2) is 0 Å². The summed E-state index contributed by atoms with van der Waals surface area (Å²) in [5, 5.41) is 3.27. The average Bonchev–Trinajstić information content (AvgIpc) is 2.87. The lowest BCUT2D eigenvalue weighted by molar-refractivity contribution is -0.0688. The lowest BCUT2D eigenvalue weighted by Gasteiger charge is -2.59. The minimum Gasteiger partial charge on any atom is -0.465 e. The molecular weight excluding hydrogens is 328 g/mol. The summed E-state index contributed by atoms with van der Waals surface area (Å²) in [7, 11) is 1.36. The van der Waals surface area contributed by atoms with Crippen LogP contribution in [-0.2, 0) is 4.74 Å². The van der Waals surface area contributed by atoms with Crippen LogP contribution in [0.1, 0.15) is 77.6 Å². The number of H-pyrrole nitrogens is 1. The molecule has 5 nitrogen and oxygen atoms in total. The van der Waals surface area contributed by atoms with Crippen molar-refractivity contribution >= 4 is 11.9 Å². The second kappa shape index (κ2) is 6.14. The van der Waals surface area contributed by atoms with Crippen LogP contribution in [0.5, 0.6) is 0 Å². The van der Waals surface area contributed by atoms with Gasteiger partial charge in [-0.05, 0) is 88.0 Å². The molecule has 1 amide bonds. The molecule has 4 aliphatic rings. The number of aromatic amines is 1. The zero-order valence-electron chi connectivity index (χ0n) is 16.3. The van der Waals surface area contributed by atoms with Crippen molar-refractivity contribution in [2.24, 2.45) is 23.2 Å². The summed E-state index contributed by atoms with van der Waals surface area (Å²) in [5.41, 5.74) is 2.58. The zero-order valence-corrected chi connectivity index (χ0v) is 16.3. The molecule has 0 aromatic carbocycles. The number of rotatable bonds is 4. The molecule has 142 valence electrons. The van der Waals surface area contributed by atoms with Crippen LogP contribution in [-0.4, -0.2) is 30.0 Å². The first-order valence-corrected chi connectivity index (χ1v) is 9.91. The number of aromatic nitrogens is 1. The molecule has 0 spiro atoms. The van der Waals surface area contributed by atoms with E-state index in [1.165, 1.54) is 45.6 Å². The van der Waals surface area contributed by atoms with Crippen molar-refractivity contribution in [3.8, 4) is 0 Å². The number of carbonyl (C=O) groups is 2. The molecule has 4 bridgehead atoms. The van der Waals surface area contributed by atoms with Crippen LogP contribution in [0.4, 0.5) is 0 Å². The Hall–Kier alpha value is -1.78. The minimum atomic E-state index is -0.399. The number of nitrogens with one attached hydrogen (secondary N) is 2. The number of methoxy groups -OCH3 is 1. The van der Waals surface area contributed by atoms with Crippen LogP contribution in [0.2, 0.25) is 0 Å². The van der Waals surface area contributed by atoms with Crippen LogP contribution in [0.3, 0.4) is 0 Å². The van der Waals surface area contributed by atoms with Crippen molar-refractivity contribution in [2.75, 3.05) is 7.11 Å². The summed E-state index contributed by atoms with van der Waals surface area (Å²) < 4.78 is 4.85. The standard InChI is InChI=1S/C21H30N2O3/c1-11-17(20(25)26-4)12(2)22-18(11)19(24)23-13(3)21-8-14-5-15(9-21)7-16(6-14)10-21/h13-16,22H,5-10H2,1-4H3,(H,23,24). The van der Waals surface area contributed by atoms with Gasteiger partial charge in [0.1, 0.15) is 5.69 Å². The fraction of sp³-hybridized carbons (Fsp3) is 0.714. The fourth-order valence-corrected chi connectivity index (χ4v) is 6.52. The molecule has 4 fully saturated rings. The van der Waals surface area contributed by atoms with Crippen molar-refractivity contribution in [2.45, 2.75) is 65.3 Å². The molecule has 1 unspecified atom stereocenters. The Kier molecular flexibility index (Phi) is 4.16. The molecule has 0 saturated heterocycles. The molecule has 2 N–H and O–H groups in total. The van der Waals surface area contributed by atoms with E-state index in [0.29, 0.717) is 22.5 Å². The number of hydrogen-bond donors (Lipinski definition) is 2. The molecule has 26 heavy (non-hydrogen) atoms. The summed E-state index contributed by atoms with van der Waals surface area (Å²) in [6.45, 7) is 5.79. The number of esters is 1. The monoisotopic (exact) mass is 358 g/mol. The first kappa shape index (κ1) is 17.6. The maximum absolute atomic E-state index is 13.0. The van der Waals surface area contributed by atoms with Gasteiger partial charge < -0.3 is 15.0 Å². The highest BCUT2D eigenvalue weighted by molar-refractivity contribution is 6.00. The van der Waals surface area contributed by atoms with E-state index in [2.05, 4.69) is 17.2 Å². The van der Waals surface area contributed by atoms with Crippen LogP contribution >= 0.6 is 0 Å². The van der Waals surface area contributed by atoms with Gasteiger partial charge in [-0.15, -0.1) is 0 Å². The van der Waals surface area contributed by atoms with Gasteiger partial charge in [-0.1, -0.05) is 0 Å². The molecule has 5 rings (SSSR count). The summed E-state index contributed by atoms with van der Waals surface area (Å²) in [5.74, 6) is 2.08. The predicted molar refractivity (Wildman–Crippen MR) is 99.1 cm³/mol. The van der Waals surface area contributed by atoms with Gasteiger partial charge in [0.25, 0.3) is 5.91 Å². The molecule has 1 heterocycles. The van der Waals surface area contributed by atoms with Gasteiger partial charge in [0.05, 0.1) is 12.7 Å². The summed E-state index contributed by atoms with van der Waals surface area (Å²) in [4.78, 5) is 28.0. The lowest BCUT2D eigenvalue weighted by Crippen LogP contribution is -2.55. The molecule has 1 atom stereocenters. The van der Waals surface area contributed by atoms with Gasteiger partial charge in [0, 0.05) is 11.7 Å². The third-order valence-electron chi connectivity index (χ3n) is 7.41. The van der Waals surface area contributed by atoms with Crippen molar-refractivity contribution in [3.05, 3.63) is 22.5 Å². The van der Waals surface area contributed by atoms with E-state index in [1.807, 2.05) is 0 Å². The van der Waals surface area contributed by atoms with E-state index in [9.17, 15) is 9.59 Å². The van der Waals surface area contributed by atoms with Crippen LogP contribution in [0.25, 0.3) is 0 Å². The minimum absolute atomic E-state index is 0.107. The lowest BCUT2D eigenvalue weighted by atomic mass is 9.48. The van der Waals surface area contributed by atoms with Gasteiger partial charge in [0.15, 0.2) is 0 Å². The molecule has 4 aliphatic carbocycles. The first-order chi connectivity index (χ1) is 12.3. The number of carbonyl (C=O) groups excluding carboxylic acids is 2. The quantitative estimate of drug-likeness (QED) is 0.805. The van der Waals surface area contributed by atoms with Gasteiger partial charge in [-0.25, -0.2) is 4.79 Å². The zero-order chi connectivity index (χ0) is 18.6. The van der Waals surface area contributed by atoms with Crippen LogP contribution in [0, 0.1) is 37.0 Å². The number of aryl methyl sites for hydroxylation is 1. The fourth-order valence-electron chi connectivity index (χ4n) is 6.52. The first-order valence-electron chi connectivity index (χ1n) is 9.91. The maximum Gasteiger partial charge on any atom is 0.339 e. The van der Waals surface area contributed by atoms with E-state index in [4.69, 9.17) is 4.74 Å². The van der Waals surface area contributed by atoms with E-state index in [-0.39, 0.29) is 17.4 Å². The average molecular weight is 358 g/mol. The molecular formula is C21H30N2O3. The third-order valence-corrected chi connectivity index (χ3v) is 7.41. The van der Waals surface area contributed by atoms with Crippen LogP contribution < -0.4 is 5.32 Å². The second-order valence-electron chi connectivity index (χ2n) is 9.09. The van der Waals surface area contributed by atoms with E-state index >= 15 is 0 Å². The smallest absolute Gasteiger partial charge is 0.339 e. The number of ether oxygens (including phenoxy) is 1. The van der Waals surface area contributed by atoms with Crippen molar-refractivity contribution in [1.82, 2.24) is 10.3 Å². The molecule has 4 saturated carbocycles. The molecule has 5 heteroatoms. The Labute approximate surface area is 155 Å².